The van der Waals surface area contributed by atoms with Gasteiger partial charge < -0.3 is 10.2 Å². The molecule has 0 amide bonds. The zero-order chi connectivity index (χ0) is 12.4. The van der Waals surface area contributed by atoms with Gasteiger partial charge in [-0.05, 0) is 49.4 Å². The van der Waals surface area contributed by atoms with E-state index in [0.717, 1.165) is 6.54 Å². The van der Waals surface area contributed by atoms with E-state index in [9.17, 15) is 0 Å². The Kier molecular flexibility index (Phi) is 3.60. The van der Waals surface area contributed by atoms with Crippen molar-refractivity contribution in [3.05, 3.63) is 23.8 Å². The lowest BCUT2D eigenvalue weighted by Crippen LogP contribution is -2.33. The number of benzene rings is 1. The summed E-state index contributed by atoms with van der Waals surface area (Å²) in [5.74, 6) is 0.675. The van der Waals surface area contributed by atoms with Crippen LogP contribution in [0.15, 0.2) is 18.2 Å². The minimum atomic E-state index is 0.574. The van der Waals surface area contributed by atoms with Crippen molar-refractivity contribution in [2.45, 2.75) is 39.7 Å². The lowest BCUT2D eigenvalue weighted by molar-refractivity contribution is 0.505. The van der Waals surface area contributed by atoms with Crippen molar-refractivity contribution < 1.29 is 0 Å². The van der Waals surface area contributed by atoms with Crippen molar-refractivity contribution in [3.63, 3.8) is 0 Å². The van der Waals surface area contributed by atoms with Gasteiger partial charge in [-0.2, -0.15) is 0 Å². The van der Waals surface area contributed by atoms with Crippen molar-refractivity contribution in [2.24, 2.45) is 5.92 Å². The topological polar surface area (TPSA) is 15.3 Å². The largest absolute Gasteiger partial charge is 0.385 e. The summed E-state index contributed by atoms with van der Waals surface area (Å²) in [7, 11) is 2.20. The Morgan fingerprint density at radius 3 is 2.71 bits per heavy atom. The van der Waals surface area contributed by atoms with Crippen LogP contribution in [0.2, 0.25) is 0 Å². The number of nitrogens with one attached hydrogen (secondary N) is 1. The van der Waals surface area contributed by atoms with Crippen LogP contribution in [0.4, 0.5) is 11.4 Å². The maximum atomic E-state index is 3.46. The molecular formula is C15H24N2. The molecule has 1 aliphatic rings. The third kappa shape index (κ3) is 2.56. The number of nitrogens with zero attached hydrogens (tertiary/aromatic N) is 1. The molecule has 0 aliphatic carbocycles. The van der Waals surface area contributed by atoms with Gasteiger partial charge in [-0.25, -0.2) is 0 Å². The summed E-state index contributed by atoms with van der Waals surface area (Å²) in [6, 6.07) is 7.38. The Hall–Kier alpha value is -1.18. The zero-order valence-electron chi connectivity index (χ0n) is 11.5. The second kappa shape index (κ2) is 4.99. The molecule has 2 nitrogen and oxygen atoms in total. The number of hydrogen-bond donors (Lipinski definition) is 1. The van der Waals surface area contributed by atoms with Gasteiger partial charge in [-0.15, -0.1) is 0 Å². The quantitative estimate of drug-likeness (QED) is 0.857. The zero-order valence-corrected chi connectivity index (χ0v) is 11.5. The van der Waals surface area contributed by atoms with Gasteiger partial charge in [0.15, 0.2) is 0 Å². The molecule has 0 fully saturated rings. The minimum absolute atomic E-state index is 0.574. The third-order valence-corrected chi connectivity index (χ3v) is 4.01. The molecule has 94 valence electrons. The lowest BCUT2D eigenvalue weighted by Gasteiger charge is -2.31. The SMILES string of the molecule is CC(C)C(C)N(C)c1ccc2c(c1)CCCN2. The number of aryl methyl sites for hydroxylation is 1. The fourth-order valence-corrected chi connectivity index (χ4v) is 2.36. The van der Waals surface area contributed by atoms with Gasteiger partial charge in [0.1, 0.15) is 0 Å². The van der Waals surface area contributed by atoms with Crippen LogP contribution in [0, 0.1) is 5.92 Å². The van der Waals surface area contributed by atoms with E-state index in [4.69, 9.17) is 0 Å². The number of rotatable bonds is 3. The summed E-state index contributed by atoms with van der Waals surface area (Å²) in [6.07, 6.45) is 2.46. The van der Waals surface area contributed by atoms with E-state index >= 15 is 0 Å². The van der Waals surface area contributed by atoms with Crippen LogP contribution in [0.25, 0.3) is 0 Å². The summed E-state index contributed by atoms with van der Waals surface area (Å²) < 4.78 is 0. The average molecular weight is 232 g/mol. The maximum absolute atomic E-state index is 3.46. The van der Waals surface area contributed by atoms with Gasteiger partial charge in [0.05, 0.1) is 0 Å². The Labute approximate surface area is 105 Å². The molecule has 1 aliphatic heterocycles. The summed E-state index contributed by atoms with van der Waals surface area (Å²) >= 11 is 0. The van der Waals surface area contributed by atoms with Crippen molar-refractivity contribution in [2.75, 3.05) is 23.8 Å². The predicted molar refractivity (Wildman–Crippen MR) is 76.0 cm³/mol. The second-order valence-electron chi connectivity index (χ2n) is 5.47. The molecule has 2 heteroatoms. The van der Waals surface area contributed by atoms with Gasteiger partial charge in [0.25, 0.3) is 0 Å². The second-order valence-corrected chi connectivity index (χ2v) is 5.47. The molecular weight excluding hydrogens is 208 g/mol. The molecule has 1 N–H and O–H groups in total. The van der Waals surface area contributed by atoms with Gasteiger partial charge in [0, 0.05) is 31.0 Å². The summed E-state index contributed by atoms with van der Waals surface area (Å²) in [5.41, 5.74) is 4.14. The molecule has 1 heterocycles. The van der Waals surface area contributed by atoms with Crippen LogP contribution in [0.5, 0.6) is 0 Å². The number of fused-ring (bicyclic) bond motifs is 1. The maximum Gasteiger partial charge on any atom is 0.0374 e. The molecule has 17 heavy (non-hydrogen) atoms. The number of hydrogen-bond acceptors (Lipinski definition) is 2. The highest BCUT2D eigenvalue weighted by Crippen LogP contribution is 2.28. The molecule has 1 unspecified atom stereocenters. The van der Waals surface area contributed by atoms with Gasteiger partial charge >= 0.3 is 0 Å². The molecule has 0 aromatic heterocycles. The molecule has 1 aromatic carbocycles. The van der Waals surface area contributed by atoms with Gasteiger partial charge in [-0.3, -0.25) is 0 Å². The molecule has 0 bridgehead atoms. The minimum Gasteiger partial charge on any atom is -0.385 e. The Balaban J connectivity index is 2.21. The summed E-state index contributed by atoms with van der Waals surface area (Å²) in [6.45, 7) is 7.97. The van der Waals surface area contributed by atoms with Crippen LogP contribution in [-0.4, -0.2) is 19.6 Å². The molecule has 1 aromatic rings. The van der Waals surface area contributed by atoms with E-state index in [1.54, 1.807) is 0 Å². The van der Waals surface area contributed by atoms with Crippen LogP contribution in [-0.2, 0) is 6.42 Å². The first kappa shape index (κ1) is 12.3. The van der Waals surface area contributed by atoms with Gasteiger partial charge in [0.2, 0.25) is 0 Å². The fourth-order valence-electron chi connectivity index (χ4n) is 2.36. The first-order valence-electron chi connectivity index (χ1n) is 6.69. The first-order chi connectivity index (χ1) is 8.09. The van der Waals surface area contributed by atoms with E-state index < -0.39 is 0 Å². The molecule has 0 radical (unpaired) electrons. The van der Waals surface area contributed by atoms with Gasteiger partial charge in [-0.1, -0.05) is 13.8 Å². The number of anilines is 2. The highest BCUT2D eigenvalue weighted by molar-refractivity contribution is 5.61. The van der Waals surface area contributed by atoms with Crippen LogP contribution in [0.1, 0.15) is 32.8 Å². The smallest absolute Gasteiger partial charge is 0.0374 e. The fraction of sp³-hybridized carbons (Fsp3) is 0.600. The van der Waals surface area contributed by atoms with Crippen LogP contribution < -0.4 is 10.2 Å². The van der Waals surface area contributed by atoms with Crippen molar-refractivity contribution in [1.82, 2.24) is 0 Å². The molecule has 0 spiro atoms. The monoisotopic (exact) mass is 232 g/mol. The first-order valence-corrected chi connectivity index (χ1v) is 6.69. The van der Waals surface area contributed by atoms with E-state index in [1.165, 1.54) is 29.8 Å². The third-order valence-electron chi connectivity index (χ3n) is 4.01. The van der Waals surface area contributed by atoms with Crippen molar-refractivity contribution in [3.8, 4) is 0 Å². The van der Waals surface area contributed by atoms with Crippen molar-refractivity contribution in [1.29, 1.82) is 0 Å². The van der Waals surface area contributed by atoms with E-state index in [2.05, 4.69) is 56.2 Å². The molecule has 1 atom stereocenters. The van der Waals surface area contributed by atoms with Crippen LogP contribution >= 0.6 is 0 Å². The van der Waals surface area contributed by atoms with E-state index in [0.29, 0.717) is 12.0 Å². The normalized spacial score (nSPS) is 16.3. The standard InChI is InChI=1S/C15H24N2/c1-11(2)12(3)17(4)14-7-8-15-13(10-14)6-5-9-16-15/h7-8,10-12,16H,5-6,9H2,1-4H3. The van der Waals surface area contributed by atoms with Crippen molar-refractivity contribution >= 4 is 11.4 Å². The highest BCUT2D eigenvalue weighted by atomic mass is 15.1. The summed E-state index contributed by atoms with van der Waals surface area (Å²) in [5, 5.41) is 3.46. The molecule has 0 saturated carbocycles. The van der Waals surface area contributed by atoms with Crippen LogP contribution in [0.3, 0.4) is 0 Å². The average Bonchev–Trinajstić information content (AvgIpc) is 2.36. The lowest BCUT2D eigenvalue weighted by atomic mass is 10.0. The highest BCUT2D eigenvalue weighted by Gasteiger charge is 2.15. The molecule has 0 saturated heterocycles. The summed E-state index contributed by atoms with van der Waals surface area (Å²) in [4.78, 5) is 2.39. The predicted octanol–water partition coefficient (Wildman–Crippen LogP) is 3.53. The Morgan fingerprint density at radius 2 is 2.00 bits per heavy atom. The van der Waals surface area contributed by atoms with E-state index in [1.807, 2.05) is 0 Å². The van der Waals surface area contributed by atoms with E-state index in [-0.39, 0.29) is 0 Å². The Bertz CT molecular complexity index is 385. The Morgan fingerprint density at radius 1 is 1.24 bits per heavy atom. The molecule has 2 rings (SSSR count).